The van der Waals surface area contributed by atoms with Gasteiger partial charge in [-0.3, -0.25) is 4.68 Å². The van der Waals surface area contributed by atoms with Crippen molar-refractivity contribution in [3.05, 3.63) is 45.2 Å². The summed E-state index contributed by atoms with van der Waals surface area (Å²) in [5, 5.41) is 4.46. The molecule has 0 aliphatic heterocycles. The molecule has 0 atom stereocenters. The Morgan fingerprint density at radius 2 is 2.10 bits per heavy atom. The number of aromatic nitrogens is 2. The molecular formula is C15H18BrClN2O. The van der Waals surface area contributed by atoms with Crippen LogP contribution < -0.4 is 4.74 Å². The summed E-state index contributed by atoms with van der Waals surface area (Å²) >= 11 is 9.55. The molecule has 2 aromatic rings. The Bertz CT molecular complexity index is 610. The molecule has 0 aliphatic carbocycles. The normalized spacial score (nSPS) is 10.8. The standard InChI is InChI=1S/C15H18BrClN2O/c1-4-19-13(15(16)11(3)18-19)9-20-14-6-5-10(2)7-12(14)8-17/h5-7H,4,8-9H2,1-3H3. The molecule has 0 bridgehead atoms. The van der Waals surface area contributed by atoms with E-state index in [-0.39, 0.29) is 0 Å². The van der Waals surface area contributed by atoms with Gasteiger partial charge < -0.3 is 4.74 Å². The third kappa shape index (κ3) is 3.18. The van der Waals surface area contributed by atoms with Crippen molar-refractivity contribution < 1.29 is 4.74 Å². The zero-order chi connectivity index (χ0) is 14.7. The second-order valence-electron chi connectivity index (χ2n) is 4.70. The summed E-state index contributed by atoms with van der Waals surface area (Å²) < 4.78 is 8.90. The van der Waals surface area contributed by atoms with Crippen LogP contribution in [0, 0.1) is 13.8 Å². The summed E-state index contributed by atoms with van der Waals surface area (Å²) in [4.78, 5) is 0. The third-order valence-electron chi connectivity index (χ3n) is 3.18. The van der Waals surface area contributed by atoms with Crippen molar-refractivity contribution in [2.75, 3.05) is 0 Å². The van der Waals surface area contributed by atoms with E-state index < -0.39 is 0 Å². The molecule has 0 radical (unpaired) electrons. The molecule has 1 heterocycles. The first-order valence-corrected chi connectivity index (χ1v) is 7.89. The Morgan fingerprint density at radius 1 is 1.35 bits per heavy atom. The summed E-state index contributed by atoms with van der Waals surface area (Å²) in [7, 11) is 0. The maximum absolute atomic E-state index is 5.97. The predicted octanol–water partition coefficient (Wildman–Crippen LogP) is 4.60. The average molecular weight is 358 g/mol. The molecule has 1 aromatic heterocycles. The van der Waals surface area contributed by atoms with E-state index in [1.54, 1.807) is 0 Å². The first-order chi connectivity index (χ1) is 9.56. The number of nitrogens with zero attached hydrogens (tertiary/aromatic N) is 2. The zero-order valence-corrected chi connectivity index (χ0v) is 14.3. The van der Waals surface area contributed by atoms with Crippen LogP contribution in [-0.4, -0.2) is 9.78 Å². The molecule has 0 fully saturated rings. The molecule has 0 N–H and O–H groups in total. The van der Waals surface area contributed by atoms with Crippen molar-refractivity contribution >= 4 is 27.5 Å². The van der Waals surface area contributed by atoms with Gasteiger partial charge in [-0.1, -0.05) is 17.7 Å². The highest BCUT2D eigenvalue weighted by Gasteiger charge is 2.13. The number of hydrogen-bond donors (Lipinski definition) is 0. The SMILES string of the molecule is CCn1nc(C)c(Br)c1COc1ccc(C)cc1CCl. The van der Waals surface area contributed by atoms with Crippen LogP contribution in [0.5, 0.6) is 5.75 Å². The lowest BCUT2D eigenvalue weighted by Gasteiger charge is -2.12. The van der Waals surface area contributed by atoms with E-state index >= 15 is 0 Å². The van der Waals surface area contributed by atoms with Crippen LogP contribution in [0.4, 0.5) is 0 Å². The number of hydrogen-bond acceptors (Lipinski definition) is 2. The van der Waals surface area contributed by atoms with Gasteiger partial charge in [0.15, 0.2) is 0 Å². The molecule has 2 rings (SSSR count). The van der Waals surface area contributed by atoms with Gasteiger partial charge in [0.25, 0.3) is 0 Å². The summed E-state index contributed by atoms with van der Waals surface area (Å²) in [6.07, 6.45) is 0. The van der Waals surface area contributed by atoms with Gasteiger partial charge in [0.1, 0.15) is 12.4 Å². The molecule has 1 aromatic carbocycles. The molecule has 3 nitrogen and oxygen atoms in total. The van der Waals surface area contributed by atoms with E-state index in [1.165, 1.54) is 5.56 Å². The van der Waals surface area contributed by atoms with Gasteiger partial charge in [-0.05, 0) is 42.8 Å². The summed E-state index contributed by atoms with van der Waals surface area (Å²) in [6.45, 7) is 7.39. The number of rotatable bonds is 5. The van der Waals surface area contributed by atoms with Crippen LogP contribution >= 0.6 is 27.5 Å². The molecule has 20 heavy (non-hydrogen) atoms. The van der Waals surface area contributed by atoms with Crippen molar-refractivity contribution in [2.45, 2.75) is 39.8 Å². The van der Waals surface area contributed by atoms with Crippen molar-refractivity contribution in [1.82, 2.24) is 9.78 Å². The van der Waals surface area contributed by atoms with Gasteiger partial charge in [0.2, 0.25) is 0 Å². The lowest BCUT2D eigenvalue weighted by molar-refractivity contribution is 0.289. The number of alkyl halides is 1. The molecule has 0 unspecified atom stereocenters. The van der Waals surface area contributed by atoms with Gasteiger partial charge in [0, 0.05) is 12.1 Å². The van der Waals surface area contributed by atoms with Crippen LogP contribution in [0.15, 0.2) is 22.7 Å². The number of halogens is 2. The van der Waals surface area contributed by atoms with Crippen molar-refractivity contribution in [2.24, 2.45) is 0 Å². The molecule has 0 saturated heterocycles. The topological polar surface area (TPSA) is 27.1 Å². The largest absolute Gasteiger partial charge is 0.487 e. The molecule has 0 saturated carbocycles. The van der Waals surface area contributed by atoms with E-state index in [0.717, 1.165) is 33.7 Å². The molecule has 108 valence electrons. The fourth-order valence-electron chi connectivity index (χ4n) is 2.11. The monoisotopic (exact) mass is 356 g/mol. The van der Waals surface area contributed by atoms with Crippen LogP contribution in [0.25, 0.3) is 0 Å². The van der Waals surface area contributed by atoms with E-state index in [9.17, 15) is 0 Å². The Kier molecular flexibility index (Phi) is 5.11. The highest BCUT2D eigenvalue weighted by Crippen LogP contribution is 2.26. The van der Waals surface area contributed by atoms with E-state index in [0.29, 0.717) is 12.5 Å². The first-order valence-electron chi connectivity index (χ1n) is 6.56. The van der Waals surface area contributed by atoms with Gasteiger partial charge in [-0.25, -0.2) is 0 Å². The van der Waals surface area contributed by atoms with Crippen molar-refractivity contribution in [1.29, 1.82) is 0 Å². The zero-order valence-electron chi connectivity index (χ0n) is 11.9. The Balaban J connectivity index is 2.21. The van der Waals surface area contributed by atoms with Crippen LogP contribution in [0.1, 0.15) is 29.4 Å². The summed E-state index contributed by atoms with van der Waals surface area (Å²) in [6, 6.07) is 6.06. The minimum absolute atomic E-state index is 0.449. The fraction of sp³-hybridized carbons (Fsp3) is 0.400. The number of aryl methyl sites for hydroxylation is 3. The van der Waals surface area contributed by atoms with Crippen LogP contribution in [0.2, 0.25) is 0 Å². The highest BCUT2D eigenvalue weighted by molar-refractivity contribution is 9.10. The van der Waals surface area contributed by atoms with E-state index in [1.807, 2.05) is 30.7 Å². The molecule has 5 heteroatoms. The van der Waals surface area contributed by atoms with Gasteiger partial charge >= 0.3 is 0 Å². The Hall–Kier alpha value is -1.00. The minimum atomic E-state index is 0.449. The smallest absolute Gasteiger partial charge is 0.131 e. The van der Waals surface area contributed by atoms with Gasteiger partial charge in [-0.15, -0.1) is 11.6 Å². The molecule has 0 spiro atoms. The fourth-order valence-corrected chi connectivity index (χ4v) is 2.71. The molecule has 0 aliphatic rings. The van der Waals surface area contributed by atoms with Gasteiger partial charge in [-0.2, -0.15) is 5.10 Å². The van der Waals surface area contributed by atoms with Crippen LogP contribution in [0.3, 0.4) is 0 Å². The molecule has 0 amide bonds. The number of ether oxygens (including phenoxy) is 1. The highest BCUT2D eigenvalue weighted by atomic mass is 79.9. The van der Waals surface area contributed by atoms with Crippen molar-refractivity contribution in [3.8, 4) is 5.75 Å². The number of benzene rings is 1. The second kappa shape index (κ2) is 6.64. The van der Waals surface area contributed by atoms with Gasteiger partial charge in [0.05, 0.1) is 21.7 Å². The Labute approximate surface area is 133 Å². The van der Waals surface area contributed by atoms with E-state index in [2.05, 4.69) is 34.0 Å². The maximum atomic E-state index is 5.97. The Morgan fingerprint density at radius 3 is 2.75 bits per heavy atom. The lowest BCUT2D eigenvalue weighted by atomic mass is 10.1. The molecular weight excluding hydrogens is 340 g/mol. The van der Waals surface area contributed by atoms with Crippen molar-refractivity contribution in [3.63, 3.8) is 0 Å². The summed E-state index contributed by atoms with van der Waals surface area (Å²) in [5.74, 6) is 1.28. The lowest BCUT2D eigenvalue weighted by Crippen LogP contribution is -2.07. The maximum Gasteiger partial charge on any atom is 0.131 e. The second-order valence-corrected chi connectivity index (χ2v) is 5.76. The summed E-state index contributed by atoms with van der Waals surface area (Å²) in [5.41, 5.74) is 4.23. The first kappa shape index (κ1) is 15.4. The third-order valence-corrected chi connectivity index (χ3v) is 4.50. The van der Waals surface area contributed by atoms with E-state index in [4.69, 9.17) is 16.3 Å². The predicted molar refractivity (Wildman–Crippen MR) is 85.4 cm³/mol. The van der Waals surface area contributed by atoms with Crippen LogP contribution in [-0.2, 0) is 19.0 Å². The minimum Gasteiger partial charge on any atom is -0.487 e. The quantitative estimate of drug-likeness (QED) is 0.731. The average Bonchev–Trinajstić information content (AvgIpc) is 2.72.